The Hall–Kier alpha value is -1.61. The van der Waals surface area contributed by atoms with Crippen LogP contribution in [0.15, 0.2) is 28.8 Å². The minimum absolute atomic E-state index is 0.716. The number of hydrogen-bond acceptors (Lipinski definition) is 3. The second-order valence-corrected chi connectivity index (χ2v) is 4.46. The molecule has 3 nitrogen and oxygen atoms in total. The van der Waals surface area contributed by atoms with Crippen LogP contribution in [-0.2, 0) is 13.1 Å². The van der Waals surface area contributed by atoms with Gasteiger partial charge in [0.25, 0.3) is 0 Å². The van der Waals surface area contributed by atoms with Crippen LogP contribution in [0.25, 0.3) is 0 Å². The molecule has 3 heteroatoms. The SMILES string of the molecule is Cc1cc(CNCc2ccc(C)c(C)c2)on1. The molecule has 0 bridgehead atoms. The molecule has 0 aliphatic rings. The molecular weight excluding hydrogens is 212 g/mol. The fourth-order valence-corrected chi connectivity index (χ4v) is 1.74. The largest absolute Gasteiger partial charge is 0.360 e. The predicted octanol–water partition coefficient (Wildman–Crippen LogP) is 2.89. The van der Waals surface area contributed by atoms with Crippen LogP contribution in [0, 0.1) is 20.8 Å². The van der Waals surface area contributed by atoms with Crippen LogP contribution in [0.2, 0.25) is 0 Å². The lowest BCUT2D eigenvalue weighted by Gasteiger charge is -2.05. The number of aryl methyl sites for hydroxylation is 3. The molecule has 0 amide bonds. The van der Waals surface area contributed by atoms with Gasteiger partial charge in [-0.15, -0.1) is 0 Å². The lowest BCUT2D eigenvalue weighted by Crippen LogP contribution is -2.12. The lowest BCUT2D eigenvalue weighted by molar-refractivity contribution is 0.369. The molecule has 2 rings (SSSR count). The van der Waals surface area contributed by atoms with Crippen molar-refractivity contribution in [2.24, 2.45) is 0 Å². The van der Waals surface area contributed by atoms with Gasteiger partial charge in [0.2, 0.25) is 0 Å². The molecule has 0 aliphatic heterocycles. The van der Waals surface area contributed by atoms with E-state index >= 15 is 0 Å². The molecule has 0 saturated heterocycles. The van der Waals surface area contributed by atoms with Gasteiger partial charge in [0.1, 0.15) is 0 Å². The van der Waals surface area contributed by atoms with Crippen LogP contribution < -0.4 is 5.32 Å². The molecule has 90 valence electrons. The van der Waals surface area contributed by atoms with Gasteiger partial charge in [0.15, 0.2) is 5.76 Å². The molecule has 1 aromatic heterocycles. The Balaban J connectivity index is 1.87. The molecule has 0 radical (unpaired) electrons. The molecule has 0 atom stereocenters. The molecule has 1 aromatic carbocycles. The average molecular weight is 230 g/mol. The first-order chi connectivity index (χ1) is 8.15. The molecule has 0 spiro atoms. The van der Waals surface area contributed by atoms with Gasteiger partial charge in [-0.1, -0.05) is 23.4 Å². The maximum Gasteiger partial charge on any atom is 0.150 e. The van der Waals surface area contributed by atoms with Crippen molar-refractivity contribution >= 4 is 0 Å². The van der Waals surface area contributed by atoms with Gasteiger partial charge >= 0.3 is 0 Å². The van der Waals surface area contributed by atoms with Gasteiger partial charge in [0.05, 0.1) is 12.2 Å². The topological polar surface area (TPSA) is 38.1 Å². The molecular formula is C14H18N2O. The first kappa shape index (κ1) is 11.9. The van der Waals surface area contributed by atoms with E-state index in [2.05, 4.69) is 42.5 Å². The van der Waals surface area contributed by atoms with Crippen molar-refractivity contribution in [1.82, 2.24) is 10.5 Å². The third-order valence-electron chi connectivity index (χ3n) is 2.88. The standard InChI is InChI=1S/C14H18N2O/c1-10-4-5-13(6-11(10)2)8-15-9-14-7-12(3)16-17-14/h4-7,15H,8-9H2,1-3H3. The van der Waals surface area contributed by atoms with Crippen molar-refractivity contribution in [1.29, 1.82) is 0 Å². The van der Waals surface area contributed by atoms with Crippen molar-refractivity contribution in [3.05, 3.63) is 52.4 Å². The minimum atomic E-state index is 0.716. The van der Waals surface area contributed by atoms with Gasteiger partial charge < -0.3 is 9.84 Å². The summed E-state index contributed by atoms with van der Waals surface area (Å²) in [4.78, 5) is 0. The van der Waals surface area contributed by atoms with Crippen molar-refractivity contribution in [3.63, 3.8) is 0 Å². The van der Waals surface area contributed by atoms with Gasteiger partial charge in [-0.25, -0.2) is 0 Å². The Kier molecular flexibility index (Phi) is 3.59. The molecule has 17 heavy (non-hydrogen) atoms. The Labute approximate surface area is 102 Å². The number of aromatic nitrogens is 1. The number of hydrogen-bond donors (Lipinski definition) is 1. The molecule has 0 fully saturated rings. The zero-order chi connectivity index (χ0) is 12.3. The van der Waals surface area contributed by atoms with Gasteiger partial charge in [0, 0.05) is 12.6 Å². The van der Waals surface area contributed by atoms with Crippen LogP contribution in [0.4, 0.5) is 0 Å². The summed E-state index contributed by atoms with van der Waals surface area (Å²) in [5, 5.41) is 7.20. The summed E-state index contributed by atoms with van der Waals surface area (Å²) in [6.45, 7) is 7.76. The summed E-state index contributed by atoms with van der Waals surface area (Å²) >= 11 is 0. The van der Waals surface area contributed by atoms with Crippen LogP contribution in [-0.4, -0.2) is 5.16 Å². The summed E-state index contributed by atoms with van der Waals surface area (Å²) in [6, 6.07) is 8.48. The smallest absolute Gasteiger partial charge is 0.150 e. The Morgan fingerprint density at radius 1 is 1.06 bits per heavy atom. The van der Waals surface area contributed by atoms with Crippen molar-refractivity contribution in [3.8, 4) is 0 Å². The van der Waals surface area contributed by atoms with Crippen molar-refractivity contribution < 1.29 is 4.52 Å². The molecule has 0 saturated carbocycles. The molecule has 1 N–H and O–H groups in total. The van der Waals surface area contributed by atoms with Crippen LogP contribution in [0.5, 0.6) is 0 Å². The summed E-state index contributed by atoms with van der Waals surface area (Å²) in [6.07, 6.45) is 0. The highest BCUT2D eigenvalue weighted by Gasteiger charge is 2.00. The highest BCUT2D eigenvalue weighted by atomic mass is 16.5. The molecule has 0 aliphatic carbocycles. The van der Waals surface area contributed by atoms with Crippen molar-refractivity contribution in [2.45, 2.75) is 33.9 Å². The van der Waals surface area contributed by atoms with Crippen LogP contribution in [0.3, 0.4) is 0 Å². The van der Waals surface area contributed by atoms with E-state index in [9.17, 15) is 0 Å². The number of benzene rings is 1. The highest BCUT2D eigenvalue weighted by Crippen LogP contribution is 2.10. The zero-order valence-corrected chi connectivity index (χ0v) is 10.6. The Morgan fingerprint density at radius 2 is 1.88 bits per heavy atom. The number of nitrogens with one attached hydrogen (secondary N) is 1. The van der Waals surface area contributed by atoms with Crippen LogP contribution >= 0.6 is 0 Å². The van der Waals surface area contributed by atoms with E-state index in [0.29, 0.717) is 6.54 Å². The maximum atomic E-state index is 5.13. The van der Waals surface area contributed by atoms with Gasteiger partial charge in [-0.2, -0.15) is 0 Å². The first-order valence-electron chi connectivity index (χ1n) is 5.84. The molecule has 1 heterocycles. The van der Waals surface area contributed by atoms with Crippen molar-refractivity contribution in [2.75, 3.05) is 0 Å². The van der Waals surface area contributed by atoms with E-state index in [1.54, 1.807) is 0 Å². The maximum absolute atomic E-state index is 5.13. The van der Waals surface area contributed by atoms with Gasteiger partial charge in [-0.05, 0) is 37.5 Å². The summed E-state index contributed by atoms with van der Waals surface area (Å²) in [7, 11) is 0. The third kappa shape index (κ3) is 3.17. The molecule has 2 aromatic rings. The second kappa shape index (κ2) is 5.15. The monoisotopic (exact) mass is 230 g/mol. The minimum Gasteiger partial charge on any atom is -0.360 e. The fraction of sp³-hybridized carbons (Fsp3) is 0.357. The van der Waals surface area contributed by atoms with E-state index in [-0.39, 0.29) is 0 Å². The van der Waals surface area contributed by atoms with E-state index in [0.717, 1.165) is 18.0 Å². The fourth-order valence-electron chi connectivity index (χ4n) is 1.74. The normalized spacial score (nSPS) is 10.8. The number of rotatable bonds is 4. The quantitative estimate of drug-likeness (QED) is 0.877. The van der Waals surface area contributed by atoms with Crippen LogP contribution in [0.1, 0.15) is 28.1 Å². The summed E-state index contributed by atoms with van der Waals surface area (Å²) in [5.74, 6) is 0.881. The summed E-state index contributed by atoms with van der Waals surface area (Å²) < 4.78 is 5.13. The Morgan fingerprint density at radius 3 is 2.53 bits per heavy atom. The first-order valence-corrected chi connectivity index (χ1v) is 5.84. The highest BCUT2D eigenvalue weighted by molar-refractivity contribution is 5.29. The third-order valence-corrected chi connectivity index (χ3v) is 2.88. The average Bonchev–Trinajstić information content (AvgIpc) is 2.70. The molecule has 0 unspecified atom stereocenters. The summed E-state index contributed by atoms with van der Waals surface area (Å²) in [5.41, 5.74) is 4.89. The predicted molar refractivity (Wildman–Crippen MR) is 67.7 cm³/mol. The van der Waals surface area contributed by atoms with E-state index in [1.165, 1.54) is 16.7 Å². The van der Waals surface area contributed by atoms with E-state index in [4.69, 9.17) is 4.52 Å². The Bertz CT molecular complexity index is 503. The lowest BCUT2D eigenvalue weighted by atomic mass is 10.1. The zero-order valence-electron chi connectivity index (χ0n) is 10.6. The number of nitrogens with zero attached hydrogens (tertiary/aromatic N) is 1. The van der Waals surface area contributed by atoms with E-state index in [1.807, 2.05) is 13.0 Å². The second-order valence-electron chi connectivity index (χ2n) is 4.46. The van der Waals surface area contributed by atoms with E-state index < -0.39 is 0 Å². The van der Waals surface area contributed by atoms with Gasteiger partial charge in [-0.3, -0.25) is 0 Å².